The number of ether oxygens (including phenoxy) is 1. The average Bonchev–Trinajstić information content (AvgIpc) is 2.35. The van der Waals surface area contributed by atoms with E-state index in [0.29, 0.717) is 25.3 Å². The molecule has 0 aliphatic heterocycles. The molecular weight excluding hydrogens is 264 g/mol. The lowest BCUT2D eigenvalue weighted by Crippen LogP contribution is -2.42. The fourth-order valence-corrected chi connectivity index (χ4v) is 2.87. The van der Waals surface area contributed by atoms with Crippen molar-refractivity contribution < 1.29 is 13.2 Å². The Labute approximate surface area is 115 Å². The summed E-state index contributed by atoms with van der Waals surface area (Å²) in [5, 5.41) is 0. The van der Waals surface area contributed by atoms with Crippen molar-refractivity contribution >= 4 is 10.0 Å². The van der Waals surface area contributed by atoms with Gasteiger partial charge >= 0.3 is 0 Å². The van der Waals surface area contributed by atoms with Crippen molar-refractivity contribution in [3.05, 3.63) is 24.3 Å². The lowest BCUT2D eigenvalue weighted by atomic mass is 10.0. The maximum atomic E-state index is 12.2. The van der Waals surface area contributed by atoms with Crippen molar-refractivity contribution in [2.75, 3.05) is 13.2 Å². The van der Waals surface area contributed by atoms with E-state index >= 15 is 0 Å². The fourth-order valence-electron chi connectivity index (χ4n) is 1.39. The Balaban J connectivity index is 2.85. The van der Waals surface area contributed by atoms with Crippen LogP contribution in [0.15, 0.2) is 29.2 Å². The molecule has 19 heavy (non-hydrogen) atoms. The minimum atomic E-state index is -3.50. The zero-order valence-electron chi connectivity index (χ0n) is 11.6. The summed E-state index contributed by atoms with van der Waals surface area (Å²) in [7, 11) is -3.50. The number of hydrogen-bond acceptors (Lipinski definition) is 4. The molecule has 0 saturated heterocycles. The van der Waals surface area contributed by atoms with Crippen molar-refractivity contribution in [3.63, 3.8) is 0 Å². The first-order chi connectivity index (χ1) is 8.80. The molecule has 1 aromatic carbocycles. The minimum absolute atomic E-state index is 0.231. The van der Waals surface area contributed by atoms with Crippen LogP contribution in [0.2, 0.25) is 0 Å². The number of hydrogen-bond donors (Lipinski definition) is 2. The number of nitrogens with two attached hydrogens (primary N) is 1. The van der Waals surface area contributed by atoms with Crippen molar-refractivity contribution in [2.24, 2.45) is 5.73 Å². The SMILES string of the molecule is CCC(C)(C)NS(=O)(=O)c1ccc(OCCN)cc1. The van der Waals surface area contributed by atoms with Crippen molar-refractivity contribution in [1.29, 1.82) is 0 Å². The molecule has 0 aromatic heterocycles. The Hall–Kier alpha value is -1.11. The van der Waals surface area contributed by atoms with E-state index < -0.39 is 15.6 Å². The van der Waals surface area contributed by atoms with Crippen LogP contribution in [0.5, 0.6) is 5.75 Å². The third kappa shape index (κ3) is 4.81. The summed E-state index contributed by atoms with van der Waals surface area (Å²) in [6.45, 7) is 6.47. The predicted octanol–water partition coefficient (Wildman–Crippen LogP) is 1.49. The van der Waals surface area contributed by atoms with E-state index in [-0.39, 0.29) is 4.90 Å². The molecule has 5 nitrogen and oxygen atoms in total. The van der Waals surface area contributed by atoms with Gasteiger partial charge in [0.15, 0.2) is 0 Å². The highest BCUT2D eigenvalue weighted by atomic mass is 32.2. The second-order valence-corrected chi connectivity index (χ2v) is 6.63. The van der Waals surface area contributed by atoms with Crippen LogP contribution in [0.1, 0.15) is 27.2 Å². The molecule has 0 radical (unpaired) electrons. The summed E-state index contributed by atoms with van der Waals surface area (Å²) in [4.78, 5) is 0.231. The van der Waals surface area contributed by atoms with Gasteiger partial charge in [-0.1, -0.05) is 6.92 Å². The molecule has 1 rings (SSSR count). The third-order valence-corrected chi connectivity index (χ3v) is 4.53. The lowest BCUT2D eigenvalue weighted by molar-refractivity contribution is 0.328. The quantitative estimate of drug-likeness (QED) is 0.795. The summed E-state index contributed by atoms with van der Waals surface area (Å²) < 4.78 is 32.3. The Kier molecular flexibility index (Phi) is 5.34. The van der Waals surface area contributed by atoms with E-state index in [2.05, 4.69) is 4.72 Å². The van der Waals surface area contributed by atoms with Crippen molar-refractivity contribution in [2.45, 2.75) is 37.6 Å². The molecule has 108 valence electrons. The van der Waals surface area contributed by atoms with Gasteiger partial charge in [0.1, 0.15) is 12.4 Å². The Morgan fingerprint density at radius 2 is 1.84 bits per heavy atom. The molecule has 0 unspecified atom stereocenters. The molecule has 0 spiro atoms. The normalized spacial score (nSPS) is 12.4. The van der Waals surface area contributed by atoms with E-state index in [1.807, 2.05) is 20.8 Å². The zero-order chi connectivity index (χ0) is 14.5. The van der Waals surface area contributed by atoms with Gasteiger partial charge < -0.3 is 10.5 Å². The van der Waals surface area contributed by atoms with E-state index in [1.165, 1.54) is 12.1 Å². The highest BCUT2D eigenvalue weighted by Crippen LogP contribution is 2.18. The number of sulfonamides is 1. The topological polar surface area (TPSA) is 81.4 Å². The minimum Gasteiger partial charge on any atom is -0.492 e. The Morgan fingerprint density at radius 1 is 1.26 bits per heavy atom. The molecule has 6 heteroatoms. The van der Waals surface area contributed by atoms with Crippen LogP contribution < -0.4 is 15.2 Å². The van der Waals surface area contributed by atoms with Gasteiger partial charge in [0.25, 0.3) is 0 Å². The first kappa shape index (κ1) is 15.9. The van der Waals surface area contributed by atoms with Gasteiger partial charge in [-0.15, -0.1) is 0 Å². The maximum absolute atomic E-state index is 12.2. The highest BCUT2D eigenvalue weighted by molar-refractivity contribution is 7.89. The van der Waals surface area contributed by atoms with Gasteiger partial charge in [-0.2, -0.15) is 0 Å². The van der Waals surface area contributed by atoms with Crippen LogP contribution in [-0.4, -0.2) is 27.1 Å². The molecule has 0 atom stereocenters. The van der Waals surface area contributed by atoms with Crippen LogP contribution in [0.3, 0.4) is 0 Å². The molecule has 1 aromatic rings. The molecule has 0 aliphatic rings. The number of rotatable bonds is 7. The lowest BCUT2D eigenvalue weighted by Gasteiger charge is -2.24. The molecule has 0 heterocycles. The first-order valence-corrected chi connectivity index (χ1v) is 7.76. The largest absolute Gasteiger partial charge is 0.492 e. The maximum Gasteiger partial charge on any atom is 0.241 e. The molecule has 0 aliphatic carbocycles. The van der Waals surface area contributed by atoms with E-state index in [0.717, 1.165) is 0 Å². The number of benzene rings is 1. The van der Waals surface area contributed by atoms with Gasteiger partial charge in [0.05, 0.1) is 4.90 Å². The Bertz CT molecular complexity index is 495. The molecule has 3 N–H and O–H groups in total. The summed E-state index contributed by atoms with van der Waals surface area (Å²) in [6, 6.07) is 6.31. The standard InChI is InChI=1S/C13H22N2O3S/c1-4-13(2,3)15-19(16,17)12-7-5-11(6-8-12)18-10-9-14/h5-8,15H,4,9-10,14H2,1-3H3. The van der Waals surface area contributed by atoms with Gasteiger partial charge in [0.2, 0.25) is 10.0 Å². The second kappa shape index (κ2) is 6.36. The van der Waals surface area contributed by atoms with E-state index in [4.69, 9.17) is 10.5 Å². The Morgan fingerprint density at radius 3 is 2.32 bits per heavy atom. The first-order valence-electron chi connectivity index (χ1n) is 6.27. The van der Waals surface area contributed by atoms with Gasteiger partial charge in [-0.25, -0.2) is 13.1 Å². The molecular formula is C13H22N2O3S. The highest BCUT2D eigenvalue weighted by Gasteiger charge is 2.24. The average molecular weight is 286 g/mol. The van der Waals surface area contributed by atoms with Gasteiger partial charge in [-0.05, 0) is 44.5 Å². The monoisotopic (exact) mass is 286 g/mol. The van der Waals surface area contributed by atoms with Crippen LogP contribution in [0.25, 0.3) is 0 Å². The summed E-state index contributed by atoms with van der Waals surface area (Å²) in [6.07, 6.45) is 0.712. The summed E-state index contributed by atoms with van der Waals surface area (Å²) in [5.41, 5.74) is 4.86. The smallest absolute Gasteiger partial charge is 0.241 e. The molecule has 0 saturated carbocycles. The predicted molar refractivity (Wildman–Crippen MR) is 75.7 cm³/mol. The molecule has 0 fully saturated rings. The van der Waals surface area contributed by atoms with E-state index in [9.17, 15) is 8.42 Å². The van der Waals surface area contributed by atoms with Crippen LogP contribution in [0, 0.1) is 0 Å². The van der Waals surface area contributed by atoms with Crippen molar-refractivity contribution in [3.8, 4) is 5.75 Å². The van der Waals surface area contributed by atoms with Crippen molar-refractivity contribution in [1.82, 2.24) is 4.72 Å². The van der Waals surface area contributed by atoms with Gasteiger partial charge in [0, 0.05) is 12.1 Å². The summed E-state index contributed by atoms with van der Waals surface area (Å²) in [5.74, 6) is 0.610. The third-order valence-electron chi connectivity index (χ3n) is 2.82. The number of nitrogens with one attached hydrogen (secondary N) is 1. The summed E-state index contributed by atoms with van der Waals surface area (Å²) >= 11 is 0. The van der Waals surface area contributed by atoms with Gasteiger partial charge in [-0.3, -0.25) is 0 Å². The molecule has 0 bridgehead atoms. The fraction of sp³-hybridized carbons (Fsp3) is 0.538. The zero-order valence-corrected chi connectivity index (χ0v) is 12.5. The molecule has 0 amide bonds. The second-order valence-electron chi connectivity index (χ2n) is 4.95. The van der Waals surface area contributed by atoms with Crippen LogP contribution in [-0.2, 0) is 10.0 Å². The van der Waals surface area contributed by atoms with Crippen LogP contribution in [0.4, 0.5) is 0 Å². The van der Waals surface area contributed by atoms with E-state index in [1.54, 1.807) is 12.1 Å². The van der Waals surface area contributed by atoms with Crippen LogP contribution >= 0.6 is 0 Å².